The summed E-state index contributed by atoms with van der Waals surface area (Å²) < 4.78 is 5.70. The quantitative estimate of drug-likeness (QED) is 0.286. The molecule has 0 aliphatic rings. The van der Waals surface area contributed by atoms with E-state index in [1.54, 1.807) is 36.4 Å². The van der Waals surface area contributed by atoms with Gasteiger partial charge in [0.25, 0.3) is 11.8 Å². The molecule has 3 aromatic carbocycles. The van der Waals surface area contributed by atoms with Crippen LogP contribution in [0.15, 0.2) is 109 Å². The molecular formula is C30H28N2O4S. The fourth-order valence-corrected chi connectivity index (χ4v) is 4.50. The number of benzene rings is 3. The molecular weight excluding hydrogens is 484 g/mol. The number of thiophene rings is 1. The van der Waals surface area contributed by atoms with Crippen molar-refractivity contribution in [2.24, 2.45) is 0 Å². The molecule has 7 heteroatoms. The van der Waals surface area contributed by atoms with E-state index in [0.717, 1.165) is 11.1 Å². The first kappa shape index (κ1) is 25.9. The number of rotatable bonds is 11. The highest BCUT2D eigenvalue weighted by molar-refractivity contribution is 7.12. The zero-order valence-electron chi connectivity index (χ0n) is 20.2. The molecule has 0 radical (unpaired) electrons. The van der Waals surface area contributed by atoms with Gasteiger partial charge in [-0.25, -0.2) is 4.79 Å². The molecule has 188 valence electrons. The van der Waals surface area contributed by atoms with Crippen LogP contribution in [0, 0.1) is 0 Å². The van der Waals surface area contributed by atoms with Crippen molar-refractivity contribution in [1.82, 2.24) is 10.6 Å². The summed E-state index contributed by atoms with van der Waals surface area (Å²) in [6.45, 7) is -0.0353. The Hall–Kier alpha value is -4.23. The Morgan fingerprint density at radius 2 is 1.27 bits per heavy atom. The Labute approximate surface area is 220 Å². The van der Waals surface area contributed by atoms with Gasteiger partial charge in [-0.1, -0.05) is 84.9 Å². The number of carbonyl (C=O) groups is 3. The van der Waals surface area contributed by atoms with E-state index < -0.39 is 18.1 Å². The van der Waals surface area contributed by atoms with Crippen LogP contribution in [0.4, 0.5) is 0 Å². The molecule has 4 aromatic rings. The maximum Gasteiger partial charge on any atom is 0.329 e. The number of amides is 2. The van der Waals surface area contributed by atoms with Gasteiger partial charge >= 0.3 is 5.97 Å². The van der Waals surface area contributed by atoms with Gasteiger partial charge in [0, 0.05) is 12.0 Å². The van der Waals surface area contributed by atoms with Crippen LogP contribution in [-0.4, -0.2) is 36.5 Å². The fourth-order valence-electron chi connectivity index (χ4n) is 3.87. The molecule has 0 aliphatic heterocycles. The number of ether oxygens (including phenoxy) is 1. The van der Waals surface area contributed by atoms with E-state index in [0.29, 0.717) is 16.9 Å². The monoisotopic (exact) mass is 512 g/mol. The lowest BCUT2D eigenvalue weighted by molar-refractivity contribution is -0.146. The maximum absolute atomic E-state index is 13.2. The SMILES string of the molecule is O=C(N[C@H](COC(=O)[C@@H](Cc1ccccc1)NC(=O)c1cccs1)Cc1ccccc1)c1ccccc1. The summed E-state index contributed by atoms with van der Waals surface area (Å²) in [6, 6.07) is 30.2. The van der Waals surface area contributed by atoms with Gasteiger partial charge in [-0.05, 0) is 41.1 Å². The zero-order valence-corrected chi connectivity index (χ0v) is 21.0. The standard InChI is InChI=1S/C30H28N2O4S/c33-28(24-15-8-3-9-16-24)31-25(19-22-11-4-1-5-12-22)21-36-30(35)26(20-23-13-6-2-7-14-23)32-29(34)27-17-10-18-37-27/h1-18,25-26H,19-21H2,(H,31,33)(H,32,34)/t25-,26+/m0/s1. The minimum Gasteiger partial charge on any atom is -0.462 e. The van der Waals surface area contributed by atoms with Gasteiger partial charge in [-0.3, -0.25) is 9.59 Å². The van der Waals surface area contributed by atoms with Gasteiger partial charge in [-0.2, -0.15) is 0 Å². The summed E-state index contributed by atoms with van der Waals surface area (Å²) in [5.41, 5.74) is 2.43. The average molecular weight is 513 g/mol. The van der Waals surface area contributed by atoms with Crippen LogP contribution < -0.4 is 10.6 Å². The van der Waals surface area contributed by atoms with Crippen LogP contribution in [0.5, 0.6) is 0 Å². The lowest BCUT2D eigenvalue weighted by Gasteiger charge is -2.22. The summed E-state index contributed by atoms with van der Waals surface area (Å²) >= 11 is 1.30. The van der Waals surface area contributed by atoms with Crippen molar-refractivity contribution < 1.29 is 19.1 Å². The van der Waals surface area contributed by atoms with Crippen molar-refractivity contribution in [3.63, 3.8) is 0 Å². The maximum atomic E-state index is 13.2. The Morgan fingerprint density at radius 3 is 1.86 bits per heavy atom. The van der Waals surface area contributed by atoms with Gasteiger partial charge < -0.3 is 15.4 Å². The molecule has 0 saturated carbocycles. The second-order valence-electron chi connectivity index (χ2n) is 8.55. The van der Waals surface area contributed by atoms with Gasteiger partial charge in [0.2, 0.25) is 0 Å². The first-order valence-electron chi connectivity index (χ1n) is 12.0. The van der Waals surface area contributed by atoms with Crippen molar-refractivity contribution in [1.29, 1.82) is 0 Å². The Bertz CT molecular complexity index is 1280. The molecule has 0 saturated heterocycles. The van der Waals surface area contributed by atoms with Crippen LogP contribution in [-0.2, 0) is 22.4 Å². The highest BCUT2D eigenvalue weighted by Crippen LogP contribution is 2.12. The number of nitrogens with one attached hydrogen (secondary N) is 2. The van der Waals surface area contributed by atoms with E-state index >= 15 is 0 Å². The molecule has 0 bridgehead atoms. The van der Waals surface area contributed by atoms with E-state index in [9.17, 15) is 14.4 Å². The molecule has 1 heterocycles. The first-order valence-corrected chi connectivity index (χ1v) is 12.9. The van der Waals surface area contributed by atoms with Crippen LogP contribution >= 0.6 is 11.3 Å². The predicted octanol–water partition coefficient (Wildman–Crippen LogP) is 4.67. The second-order valence-corrected chi connectivity index (χ2v) is 9.50. The molecule has 0 aliphatic carbocycles. The third kappa shape index (κ3) is 7.88. The molecule has 0 unspecified atom stereocenters. The minimum atomic E-state index is -0.876. The minimum absolute atomic E-state index is 0.0353. The summed E-state index contributed by atoms with van der Waals surface area (Å²) in [5, 5.41) is 7.61. The first-order chi connectivity index (χ1) is 18.1. The van der Waals surface area contributed by atoms with E-state index in [1.165, 1.54) is 11.3 Å². The molecule has 4 rings (SSSR count). The number of esters is 1. The Kier molecular flexibility index (Phi) is 9.21. The molecule has 6 nitrogen and oxygen atoms in total. The molecule has 2 atom stereocenters. The van der Waals surface area contributed by atoms with E-state index in [-0.39, 0.29) is 24.8 Å². The Balaban J connectivity index is 1.46. The second kappa shape index (κ2) is 13.2. The smallest absolute Gasteiger partial charge is 0.329 e. The zero-order chi connectivity index (χ0) is 25.9. The lowest BCUT2D eigenvalue weighted by atomic mass is 10.0. The highest BCUT2D eigenvalue weighted by Gasteiger charge is 2.25. The highest BCUT2D eigenvalue weighted by atomic mass is 32.1. The summed E-state index contributed by atoms with van der Waals surface area (Å²) in [4.78, 5) is 39.3. The van der Waals surface area contributed by atoms with Crippen molar-refractivity contribution in [2.45, 2.75) is 24.9 Å². The molecule has 0 spiro atoms. The summed E-state index contributed by atoms with van der Waals surface area (Å²) in [7, 11) is 0. The van der Waals surface area contributed by atoms with Crippen LogP contribution in [0.1, 0.15) is 31.2 Å². The largest absolute Gasteiger partial charge is 0.462 e. The molecule has 0 fully saturated rings. The number of hydrogen-bond donors (Lipinski definition) is 2. The van der Waals surface area contributed by atoms with Gasteiger partial charge in [0.1, 0.15) is 12.6 Å². The normalized spacial score (nSPS) is 12.2. The van der Waals surface area contributed by atoms with Crippen LogP contribution in [0.2, 0.25) is 0 Å². The van der Waals surface area contributed by atoms with E-state index in [4.69, 9.17) is 4.74 Å². The average Bonchev–Trinajstić information content (AvgIpc) is 3.48. The predicted molar refractivity (Wildman–Crippen MR) is 145 cm³/mol. The number of carbonyl (C=O) groups excluding carboxylic acids is 3. The van der Waals surface area contributed by atoms with Gasteiger partial charge in [-0.15, -0.1) is 11.3 Å². The van der Waals surface area contributed by atoms with E-state index in [2.05, 4.69) is 10.6 Å². The fraction of sp³-hybridized carbons (Fsp3) is 0.167. The van der Waals surface area contributed by atoms with Crippen molar-refractivity contribution in [3.05, 3.63) is 130 Å². The van der Waals surface area contributed by atoms with Crippen molar-refractivity contribution in [3.8, 4) is 0 Å². The third-order valence-electron chi connectivity index (χ3n) is 5.74. The van der Waals surface area contributed by atoms with Crippen LogP contribution in [0.25, 0.3) is 0 Å². The molecule has 2 N–H and O–H groups in total. The van der Waals surface area contributed by atoms with Crippen molar-refractivity contribution >= 4 is 29.1 Å². The van der Waals surface area contributed by atoms with Gasteiger partial charge in [0.15, 0.2) is 0 Å². The Morgan fingerprint density at radius 1 is 0.676 bits per heavy atom. The number of hydrogen-bond acceptors (Lipinski definition) is 5. The lowest BCUT2D eigenvalue weighted by Crippen LogP contribution is -2.46. The van der Waals surface area contributed by atoms with Crippen molar-refractivity contribution in [2.75, 3.05) is 6.61 Å². The summed E-state index contributed by atoms with van der Waals surface area (Å²) in [6.07, 6.45) is 0.772. The molecule has 2 amide bonds. The third-order valence-corrected chi connectivity index (χ3v) is 6.61. The summed E-state index contributed by atoms with van der Waals surface area (Å²) in [5.74, 6) is -1.13. The van der Waals surface area contributed by atoms with Crippen LogP contribution in [0.3, 0.4) is 0 Å². The molecule has 1 aromatic heterocycles. The topological polar surface area (TPSA) is 84.5 Å². The molecule has 37 heavy (non-hydrogen) atoms. The van der Waals surface area contributed by atoms with E-state index in [1.807, 2.05) is 72.1 Å². The van der Waals surface area contributed by atoms with Gasteiger partial charge in [0.05, 0.1) is 10.9 Å².